The summed E-state index contributed by atoms with van der Waals surface area (Å²) in [6, 6.07) is 17.6. The van der Waals surface area contributed by atoms with E-state index in [0.717, 1.165) is 11.1 Å². The van der Waals surface area contributed by atoms with Gasteiger partial charge in [0.2, 0.25) is 5.88 Å². The molecule has 142 valence electrons. The molecule has 28 heavy (non-hydrogen) atoms. The molecule has 0 aliphatic heterocycles. The highest BCUT2D eigenvalue weighted by atomic mass is 16.5. The Kier molecular flexibility index (Phi) is 6.20. The van der Waals surface area contributed by atoms with Crippen LogP contribution < -0.4 is 14.9 Å². The molecule has 0 amide bonds. The molecule has 0 aliphatic rings. The molecule has 7 heteroatoms. The average Bonchev–Trinajstić information content (AvgIpc) is 2.73. The van der Waals surface area contributed by atoms with E-state index < -0.39 is 5.97 Å². The Morgan fingerprint density at radius 1 is 1.18 bits per heavy atom. The number of pyridine rings is 1. The molecule has 0 fully saturated rings. The van der Waals surface area contributed by atoms with Gasteiger partial charge in [-0.25, -0.2) is 9.78 Å². The molecule has 0 aliphatic carbocycles. The first-order chi connectivity index (χ1) is 13.7. The van der Waals surface area contributed by atoms with Crippen LogP contribution in [0.4, 0.5) is 5.69 Å². The smallest absolute Gasteiger partial charge is 0.337 e. The first-order valence-electron chi connectivity index (χ1n) is 8.49. The van der Waals surface area contributed by atoms with E-state index >= 15 is 0 Å². The van der Waals surface area contributed by atoms with E-state index in [2.05, 4.69) is 15.5 Å². The minimum atomic E-state index is -1.02. The molecule has 0 bridgehead atoms. The lowest BCUT2D eigenvalue weighted by Gasteiger charge is -2.10. The molecule has 1 aromatic heterocycles. The van der Waals surface area contributed by atoms with E-state index in [-0.39, 0.29) is 12.2 Å². The van der Waals surface area contributed by atoms with Gasteiger partial charge in [-0.2, -0.15) is 5.10 Å². The van der Waals surface area contributed by atoms with Crippen molar-refractivity contribution < 1.29 is 19.4 Å². The fraction of sp³-hybridized carbons (Fsp3) is 0.0952. The molecule has 0 atom stereocenters. The molecule has 7 nitrogen and oxygen atoms in total. The number of hydrazone groups is 1. The van der Waals surface area contributed by atoms with Gasteiger partial charge < -0.3 is 14.6 Å². The van der Waals surface area contributed by atoms with E-state index in [1.807, 2.05) is 30.3 Å². The quantitative estimate of drug-likeness (QED) is 0.458. The van der Waals surface area contributed by atoms with Crippen molar-refractivity contribution in [3.63, 3.8) is 0 Å². The number of nitrogens with one attached hydrogen (secondary N) is 1. The minimum absolute atomic E-state index is 0.152. The van der Waals surface area contributed by atoms with Crippen LogP contribution in [0.2, 0.25) is 0 Å². The SMILES string of the molecule is COc1ccc(/C=N\Nc2ccccc2C(=O)O)cc1COc1ccccn1. The van der Waals surface area contributed by atoms with Crippen LogP contribution in [-0.2, 0) is 6.61 Å². The van der Waals surface area contributed by atoms with E-state index in [1.54, 1.807) is 43.8 Å². The van der Waals surface area contributed by atoms with Gasteiger partial charge in [-0.1, -0.05) is 18.2 Å². The summed E-state index contributed by atoms with van der Waals surface area (Å²) in [5.41, 5.74) is 4.97. The van der Waals surface area contributed by atoms with Gasteiger partial charge in [0.25, 0.3) is 0 Å². The number of aromatic carboxylic acids is 1. The van der Waals surface area contributed by atoms with Gasteiger partial charge >= 0.3 is 5.97 Å². The summed E-state index contributed by atoms with van der Waals surface area (Å²) in [6.07, 6.45) is 3.26. The van der Waals surface area contributed by atoms with Crippen LogP contribution in [0.5, 0.6) is 11.6 Å². The lowest BCUT2D eigenvalue weighted by atomic mass is 10.1. The van der Waals surface area contributed by atoms with Crippen molar-refractivity contribution in [2.24, 2.45) is 5.10 Å². The topological polar surface area (TPSA) is 93.0 Å². The van der Waals surface area contributed by atoms with Crippen LogP contribution in [0.3, 0.4) is 0 Å². The summed E-state index contributed by atoms with van der Waals surface area (Å²) >= 11 is 0. The van der Waals surface area contributed by atoms with Crippen LogP contribution in [-0.4, -0.2) is 29.4 Å². The number of methoxy groups -OCH3 is 1. The molecule has 3 rings (SSSR count). The lowest BCUT2D eigenvalue weighted by molar-refractivity contribution is 0.0698. The van der Waals surface area contributed by atoms with Gasteiger partial charge in [0.1, 0.15) is 12.4 Å². The van der Waals surface area contributed by atoms with Gasteiger partial charge in [0.15, 0.2) is 0 Å². The molecule has 2 N–H and O–H groups in total. The Hall–Kier alpha value is -3.87. The fourth-order valence-corrected chi connectivity index (χ4v) is 2.52. The molecule has 0 saturated heterocycles. The van der Waals surface area contributed by atoms with Crippen molar-refractivity contribution in [1.29, 1.82) is 0 Å². The molecular weight excluding hydrogens is 358 g/mol. The van der Waals surface area contributed by atoms with Crippen LogP contribution in [0, 0.1) is 0 Å². The third-order valence-corrected chi connectivity index (χ3v) is 3.87. The van der Waals surface area contributed by atoms with Gasteiger partial charge in [-0.3, -0.25) is 5.43 Å². The number of hydrogen-bond acceptors (Lipinski definition) is 6. The molecular formula is C21H19N3O4. The number of aromatic nitrogens is 1. The first-order valence-corrected chi connectivity index (χ1v) is 8.49. The van der Waals surface area contributed by atoms with Gasteiger partial charge in [-0.15, -0.1) is 0 Å². The van der Waals surface area contributed by atoms with Crippen molar-refractivity contribution in [3.05, 3.63) is 83.6 Å². The Morgan fingerprint density at radius 3 is 2.75 bits per heavy atom. The van der Waals surface area contributed by atoms with E-state index in [9.17, 15) is 9.90 Å². The normalized spacial score (nSPS) is 10.6. The molecule has 0 unspecified atom stereocenters. The summed E-state index contributed by atoms with van der Waals surface area (Å²) in [5.74, 6) is 0.199. The van der Waals surface area contributed by atoms with Crippen molar-refractivity contribution in [2.75, 3.05) is 12.5 Å². The Balaban J connectivity index is 1.72. The van der Waals surface area contributed by atoms with E-state index in [4.69, 9.17) is 9.47 Å². The number of carboxylic acids is 1. The number of anilines is 1. The summed E-state index contributed by atoms with van der Waals surface area (Å²) in [6.45, 7) is 0.289. The Morgan fingerprint density at radius 2 is 2.00 bits per heavy atom. The van der Waals surface area contributed by atoms with Crippen LogP contribution in [0.1, 0.15) is 21.5 Å². The number of carboxylic acid groups (broad SMARTS) is 1. The molecule has 0 radical (unpaired) electrons. The summed E-state index contributed by atoms with van der Waals surface area (Å²) in [7, 11) is 1.59. The van der Waals surface area contributed by atoms with Gasteiger partial charge in [-0.05, 0) is 42.0 Å². The van der Waals surface area contributed by atoms with Crippen molar-refractivity contribution in [1.82, 2.24) is 4.98 Å². The van der Waals surface area contributed by atoms with Crippen molar-refractivity contribution in [2.45, 2.75) is 6.61 Å². The molecule has 3 aromatic rings. The Bertz CT molecular complexity index is 974. The minimum Gasteiger partial charge on any atom is -0.496 e. The summed E-state index contributed by atoms with van der Waals surface area (Å²) in [4.78, 5) is 15.4. The van der Waals surface area contributed by atoms with Crippen LogP contribution >= 0.6 is 0 Å². The number of rotatable bonds is 8. The Labute approximate surface area is 162 Å². The maximum Gasteiger partial charge on any atom is 0.337 e. The standard InChI is InChI=1S/C21H19N3O4/c1-27-19-10-9-15(12-16(19)14-28-20-8-4-5-11-22-20)13-23-24-18-7-3-2-6-17(18)21(25)26/h2-13,24H,14H2,1H3,(H,25,26)/b23-13-. The van der Waals surface area contributed by atoms with Gasteiger partial charge in [0.05, 0.1) is 24.6 Å². The third-order valence-electron chi connectivity index (χ3n) is 3.87. The molecule has 0 saturated carbocycles. The lowest BCUT2D eigenvalue weighted by Crippen LogP contribution is -2.03. The highest BCUT2D eigenvalue weighted by Gasteiger charge is 2.08. The van der Waals surface area contributed by atoms with Crippen molar-refractivity contribution in [3.8, 4) is 11.6 Å². The highest BCUT2D eigenvalue weighted by Crippen LogP contribution is 2.21. The average molecular weight is 377 g/mol. The number of hydrogen-bond donors (Lipinski definition) is 2. The molecule has 1 heterocycles. The number of nitrogens with zero attached hydrogens (tertiary/aromatic N) is 2. The third kappa shape index (κ3) is 4.85. The maximum absolute atomic E-state index is 11.2. The largest absolute Gasteiger partial charge is 0.496 e. The second-order valence-electron chi connectivity index (χ2n) is 5.75. The maximum atomic E-state index is 11.2. The number of benzene rings is 2. The zero-order valence-corrected chi connectivity index (χ0v) is 15.2. The summed E-state index contributed by atoms with van der Waals surface area (Å²) < 4.78 is 11.1. The van der Waals surface area contributed by atoms with E-state index in [0.29, 0.717) is 17.3 Å². The van der Waals surface area contributed by atoms with Crippen LogP contribution in [0.15, 0.2) is 72.0 Å². The zero-order chi connectivity index (χ0) is 19.8. The first kappa shape index (κ1) is 18.9. The molecule has 2 aromatic carbocycles. The van der Waals surface area contributed by atoms with E-state index in [1.165, 1.54) is 6.07 Å². The predicted molar refractivity (Wildman–Crippen MR) is 106 cm³/mol. The number of para-hydroxylation sites is 1. The second kappa shape index (κ2) is 9.18. The second-order valence-corrected chi connectivity index (χ2v) is 5.75. The van der Waals surface area contributed by atoms with Gasteiger partial charge in [0, 0.05) is 17.8 Å². The highest BCUT2D eigenvalue weighted by molar-refractivity contribution is 5.94. The summed E-state index contributed by atoms with van der Waals surface area (Å²) in [5, 5.41) is 13.3. The number of carbonyl (C=O) groups is 1. The zero-order valence-electron chi connectivity index (χ0n) is 15.2. The number of ether oxygens (including phenoxy) is 2. The molecule has 0 spiro atoms. The van der Waals surface area contributed by atoms with Crippen LogP contribution in [0.25, 0.3) is 0 Å². The van der Waals surface area contributed by atoms with Crippen molar-refractivity contribution >= 4 is 17.9 Å². The monoisotopic (exact) mass is 377 g/mol. The fourth-order valence-electron chi connectivity index (χ4n) is 2.52. The predicted octanol–water partition coefficient (Wildman–Crippen LogP) is 3.81.